The predicted octanol–water partition coefficient (Wildman–Crippen LogP) is 3.66. The highest BCUT2D eigenvalue weighted by Crippen LogP contribution is 2.31. The van der Waals surface area contributed by atoms with Crippen LogP contribution >= 0.6 is 0 Å². The summed E-state index contributed by atoms with van der Waals surface area (Å²) in [6.45, 7) is 8.77. The van der Waals surface area contributed by atoms with Crippen LogP contribution in [0.2, 0.25) is 0 Å². The first kappa shape index (κ1) is 19.2. The molecule has 1 fully saturated rings. The van der Waals surface area contributed by atoms with Gasteiger partial charge in [0.05, 0.1) is 0 Å². The van der Waals surface area contributed by atoms with Crippen LogP contribution < -0.4 is 16.8 Å². The highest BCUT2D eigenvalue weighted by atomic mass is 16.5. The zero-order valence-electron chi connectivity index (χ0n) is 16.6. The molecule has 3 rings (SSSR count). The summed E-state index contributed by atoms with van der Waals surface area (Å²) in [7, 11) is 0. The van der Waals surface area contributed by atoms with Crippen molar-refractivity contribution in [2.24, 2.45) is 11.5 Å². The second-order valence-corrected chi connectivity index (χ2v) is 8.67. The number of pyridine rings is 1. The molecular formula is C22H30N4O. The third-order valence-electron chi connectivity index (χ3n) is 4.86. The molecule has 1 aromatic carbocycles. The molecule has 0 bridgehead atoms. The second-order valence-electron chi connectivity index (χ2n) is 8.67. The van der Waals surface area contributed by atoms with E-state index in [1.807, 2.05) is 30.5 Å². The Kier molecular flexibility index (Phi) is 5.16. The van der Waals surface area contributed by atoms with Crippen LogP contribution in [0.5, 0.6) is 0 Å². The Morgan fingerprint density at radius 1 is 1.07 bits per heavy atom. The Hall–Kier alpha value is -2.53. The summed E-state index contributed by atoms with van der Waals surface area (Å²) in [5.74, 6) is 0.390. The van der Waals surface area contributed by atoms with Crippen molar-refractivity contribution in [3.8, 4) is 0 Å². The fourth-order valence-corrected chi connectivity index (χ4v) is 4.07. The second kappa shape index (κ2) is 7.24. The van der Waals surface area contributed by atoms with E-state index in [4.69, 9.17) is 16.2 Å². The lowest BCUT2D eigenvalue weighted by atomic mass is 9.81. The normalized spacial score (nSPS) is 20.6. The summed E-state index contributed by atoms with van der Waals surface area (Å²) in [6, 6.07) is 8.02. The molecule has 1 aromatic heterocycles. The number of aromatic nitrogens is 1. The van der Waals surface area contributed by atoms with Crippen molar-refractivity contribution in [2.45, 2.75) is 57.7 Å². The zero-order valence-corrected chi connectivity index (χ0v) is 16.6. The molecule has 1 aliphatic rings. The summed E-state index contributed by atoms with van der Waals surface area (Å²) in [5.41, 5.74) is 14.0. The Morgan fingerprint density at radius 2 is 1.78 bits per heavy atom. The van der Waals surface area contributed by atoms with Gasteiger partial charge >= 0.3 is 0 Å². The minimum absolute atomic E-state index is 0.0154. The van der Waals surface area contributed by atoms with Crippen molar-refractivity contribution in [2.75, 3.05) is 0 Å². The van der Waals surface area contributed by atoms with E-state index >= 15 is 0 Å². The van der Waals surface area contributed by atoms with Gasteiger partial charge in [-0.05, 0) is 62.9 Å². The number of hydrogen-bond acceptors (Lipinski definition) is 5. The van der Waals surface area contributed by atoms with E-state index in [1.165, 1.54) is 0 Å². The molecule has 1 saturated heterocycles. The molecule has 0 atom stereocenters. The van der Waals surface area contributed by atoms with Gasteiger partial charge in [0.25, 0.3) is 0 Å². The number of hydrogen-bond donors (Lipinski definition) is 3. The van der Waals surface area contributed by atoms with E-state index in [-0.39, 0.29) is 17.2 Å². The summed E-state index contributed by atoms with van der Waals surface area (Å²) in [6.07, 6.45) is 9.05. The first-order valence-electron chi connectivity index (χ1n) is 9.37. The van der Waals surface area contributed by atoms with Gasteiger partial charge in [-0.1, -0.05) is 12.1 Å². The Balaban J connectivity index is 1.71. The maximum Gasteiger partial charge on any atom is 0.184 e. The first-order chi connectivity index (χ1) is 12.6. The van der Waals surface area contributed by atoms with Crippen LogP contribution in [-0.4, -0.2) is 22.2 Å². The van der Waals surface area contributed by atoms with E-state index in [1.54, 1.807) is 18.3 Å². The number of benzene rings is 1. The van der Waals surface area contributed by atoms with Crippen molar-refractivity contribution in [3.05, 3.63) is 60.3 Å². The summed E-state index contributed by atoms with van der Waals surface area (Å²) in [4.78, 5) is 4.13. The molecule has 1 aliphatic heterocycles. The summed E-state index contributed by atoms with van der Waals surface area (Å²) >= 11 is 0. The molecular weight excluding hydrogens is 336 g/mol. The number of piperidine rings is 1. The van der Waals surface area contributed by atoms with Gasteiger partial charge in [-0.3, -0.25) is 4.98 Å². The fraction of sp³-hybridized carbons (Fsp3) is 0.409. The lowest BCUT2D eigenvalue weighted by molar-refractivity contribution is 0.0130. The van der Waals surface area contributed by atoms with Gasteiger partial charge < -0.3 is 21.5 Å². The Bertz CT molecular complexity index is 867. The summed E-state index contributed by atoms with van der Waals surface area (Å²) in [5, 5.41) is 5.83. The van der Waals surface area contributed by atoms with Crippen molar-refractivity contribution >= 4 is 16.5 Å². The molecule has 0 spiro atoms. The molecule has 2 heterocycles. The lowest BCUT2D eigenvalue weighted by Crippen LogP contribution is -2.59. The van der Waals surface area contributed by atoms with E-state index in [0.29, 0.717) is 11.6 Å². The highest BCUT2D eigenvalue weighted by Gasteiger charge is 2.38. The number of nitrogens with zero attached hydrogens (tertiary/aromatic N) is 1. The molecule has 27 heavy (non-hydrogen) atoms. The van der Waals surface area contributed by atoms with E-state index in [2.05, 4.69) is 38.0 Å². The number of nitrogens with one attached hydrogen (secondary N) is 1. The standard InChI is InChI=1S/C22H30N4O/c1-21(2)12-18(13-22(3,4)26-21)27-20(24)8-7-19(23)16-5-6-17-14-25-10-9-15(17)11-16/h5-11,14,18,26H,12-13,23-24H2,1-4H3/b19-7-,20-8+. The van der Waals surface area contributed by atoms with Crippen LogP contribution in [0.3, 0.4) is 0 Å². The average Bonchev–Trinajstić information content (AvgIpc) is 2.56. The van der Waals surface area contributed by atoms with Gasteiger partial charge in [0, 0.05) is 47.4 Å². The molecule has 0 aliphatic carbocycles. The minimum Gasteiger partial charge on any atom is -0.476 e. The monoisotopic (exact) mass is 366 g/mol. The van der Waals surface area contributed by atoms with E-state index < -0.39 is 0 Å². The predicted molar refractivity (Wildman–Crippen MR) is 112 cm³/mol. The lowest BCUT2D eigenvalue weighted by Gasteiger charge is -2.46. The molecule has 5 heteroatoms. The molecule has 0 amide bonds. The maximum absolute atomic E-state index is 6.23. The van der Waals surface area contributed by atoms with Crippen LogP contribution in [0.1, 0.15) is 46.1 Å². The Labute approximate surface area is 161 Å². The minimum atomic E-state index is 0.0154. The van der Waals surface area contributed by atoms with Crippen molar-refractivity contribution < 1.29 is 4.74 Å². The van der Waals surface area contributed by atoms with Gasteiger partial charge in [-0.15, -0.1) is 0 Å². The van der Waals surface area contributed by atoms with Crippen LogP contribution in [0.25, 0.3) is 16.5 Å². The number of rotatable bonds is 4. The third kappa shape index (κ3) is 5.01. The van der Waals surface area contributed by atoms with Crippen LogP contribution in [0.4, 0.5) is 0 Å². The number of ether oxygens (including phenoxy) is 1. The van der Waals surface area contributed by atoms with E-state index in [9.17, 15) is 0 Å². The van der Waals surface area contributed by atoms with Crippen molar-refractivity contribution in [3.63, 3.8) is 0 Å². The van der Waals surface area contributed by atoms with E-state index in [0.717, 1.165) is 29.2 Å². The molecule has 0 radical (unpaired) electrons. The van der Waals surface area contributed by atoms with Gasteiger partial charge in [0.2, 0.25) is 0 Å². The summed E-state index contributed by atoms with van der Waals surface area (Å²) < 4.78 is 6.01. The topological polar surface area (TPSA) is 86.2 Å². The largest absolute Gasteiger partial charge is 0.476 e. The molecule has 5 N–H and O–H groups in total. The zero-order chi connectivity index (χ0) is 19.7. The highest BCUT2D eigenvalue weighted by molar-refractivity contribution is 5.85. The fourth-order valence-electron chi connectivity index (χ4n) is 4.07. The quantitative estimate of drug-likeness (QED) is 0.568. The SMILES string of the molecule is CC1(C)CC(O/C(N)=C/C=C(\N)c2ccc3cnccc3c2)CC(C)(C)N1. The average molecular weight is 367 g/mol. The number of nitrogens with two attached hydrogens (primary N) is 2. The smallest absolute Gasteiger partial charge is 0.184 e. The van der Waals surface area contributed by atoms with Crippen LogP contribution in [-0.2, 0) is 4.74 Å². The van der Waals surface area contributed by atoms with Gasteiger partial charge in [0.15, 0.2) is 5.88 Å². The molecule has 5 nitrogen and oxygen atoms in total. The van der Waals surface area contributed by atoms with Crippen molar-refractivity contribution in [1.82, 2.24) is 10.3 Å². The van der Waals surface area contributed by atoms with Gasteiger partial charge in [0.1, 0.15) is 6.10 Å². The molecule has 0 saturated carbocycles. The van der Waals surface area contributed by atoms with Gasteiger partial charge in [-0.25, -0.2) is 0 Å². The van der Waals surface area contributed by atoms with Crippen LogP contribution in [0.15, 0.2) is 54.7 Å². The third-order valence-corrected chi connectivity index (χ3v) is 4.86. The maximum atomic E-state index is 6.23. The molecule has 2 aromatic rings. The number of fused-ring (bicyclic) bond motifs is 1. The Morgan fingerprint density at radius 3 is 2.48 bits per heavy atom. The molecule has 0 unspecified atom stereocenters. The first-order valence-corrected chi connectivity index (χ1v) is 9.37. The van der Waals surface area contributed by atoms with Gasteiger partial charge in [-0.2, -0.15) is 0 Å². The number of allylic oxidation sites excluding steroid dienone is 2. The van der Waals surface area contributed by atoms with Crippen LogP contribution in [0, 0.1) is 0 Å². The van der Waals surface area contributed by atoms with Crippen molar-refractivity contribution in [1.29, 1.82) is 0 Å². The molecule has 144 valence electrons.